The molecule has 0 bridgehead atoms. The van der Waals surface area contributed by atoms with Gasteiger partial charge in [-0.3, -0.25) is 13.9 Å². The van der Waals surface area contributed by atoms with Crippen molar-refractivity contribution in [3.8, 4) is 0 Å². The van der Waals surface area contributed by atoms with Crippen LogP contribution in [0.25, 0.3) is 0 Å². The summed E-state index contributed by atoms with van der Waals surface area (Å²) in [6, 6.07) is 18.6. The number of hydrogen-bond donors (Lipinski definition) is 1. The highest BCUT2D eigenvalue weighted by molar-refractivity contribution is 7.92. The third kappa shape index (κ3) is 8.22. The highest BCUT2D eigenvalue weighted by Crippen LogP contribution is 2.28. The topological polar surface area (TPSA) is 86.8 Å². The first-order valence-corrected chi connectivity index (χ1v) is 15.6. The summed E-state index contributed by atoms with van der Waals surface area (Å²) >= 11 is 13.0. The lowest BCUT2D eigenvalue weighted by Gasteiger charge is -2.34. The van der Waals surface area contributed by atoms with Crippen LogP contribution in [0.3, 0.4) is 0 Å². The van der Waals surface area contributed by atoms with E-state index in [-0.39, 0.29) is 18.9 Å². The second-order valence-corrected chi connectivity index (χ2v) is 12.5. The van der Waals surface area contributed by atoms with Gasteiger partial charge in [-0.25, -0.2) is 8.42 Å². The van der Waals surface area contributed by atoms with Crippen molar-refractivity contribution in [3.63, 3.8) is 0 Å². The van der Waals surface area contributed by atoms with Gasteiger partial charge in [0.05, 0.1) is 11.9 Å². The van der Waals surface area contributed by atoms with Crippen LogP contribution in [0.15, 0.2) is 66.7 Å². The molecule has 0 aliphatic rings. The molecule has 1 atom stereocenters. The van der Waals surface area contributed by atoms with E-state index in [1.807, 2.05) is 57.2 Å². The van der Waals surface area contributed by atoms with E-state index >= 15 is 0 Å². The normalized spacial score (nSPS) is 12.1. The molecular formula is C30H35Cl2N3O4S. The molecule has 10 heteroatoms. The Kier molecular flexibility index (Phi) is 11.0. The zero-order valence-electron chi connectivity index (χ0n) is 23.2. The molecular weight excluding hydrogens is 569 g/mol. The fourth-order valence-corrected chi connectivity index (χ4v) is 5.63. The third-order valence-electron chi connectivity index (χ3n) is 6.67. The molecule has 3 aromatic rings. The second-order valence-electron chi connectivity index (χ2n) is 9.76. The Balaban J connectivity index is 2.10. The van der Waals surface area contributed by atoms with E-state index < -0.39 is 28.5 Å². The van der Waals surface area contributed by atoms with Gasteiger partial charge in [-0.2, -0.15) is 0 Å². The Morgan fingerprint density at radius 1 is 0.925 bits per heavy atom. The summed E-state index contributed by atoms with van der Waals surface area (Å²) in [6.45, 7) is 5.58. The van der Waals surface area contributed by atoms with Crippen molar-refractivity contribution in [2.45, 2.75) is 46.2 Å². The number of sulfonamides is 1. The number of rotatable bonds is 12. The van der Waals surface area contributed by atoms with E-state index in [0.29, 0.717) is 34.3 Å². The molecule has 0 unspecified atom stereocenters. The molecule has 40 heavy (non-hydrogen) atoms. The number of hydrogen-bond acceptors (Lipinski definition) is 4. The molecule has 0 radical (unpaired) electrons. The van der Waals surface area contributed by atoms with Crippen molar-refractivity contribution >= 4 is 50.7 Å². The first-order valence-electron chi connectivity index (χ1n) is 13.0. The molecule has 0 aromatic heterocycles. The maximum Gasteiger partial charge on any atom is 0.244 e. The molecule has 3 aromatic carbocycles. The second kappa shape index (κ2) is 14.0. The van der Waals surface area contributed by atoms with Crippen LogP contribution in [0.4, 0.5) is 5.69 Å². The van der Waals surface area contributed by atoms with Gasteiger partial charge in [0.15, 0.2) is 0 Å². The number of halogens is 2. The Morgan fingerprint density at radius 3 is 2.15 bits per heavy atom. The lowest BCUT2D eigenvalue weighted by Crippen LogP contribution is -2.53. The first kappa shape index (κ1) is 31.5. The fraction of sp³-hybridized carbons (Fsp3) is 0.333. The van der Waals surface area contributed by atoms with Crippen molar-refractivity contribution in [1.29, 1.82) is 0 Å². The molecule has 7 nitrogen and oxygen atoms in total. The van der Waals surface area contributed by atoms with E-state index in [0.717, 1.165) is 27.3 Å². The summed E-state index contributed by atoms with van der Waals surface area (Å²) in [5, 5.41) is 3.58. The quantitative estimate of drug-likeness (QED) is 0.294. The predicted octanol–water partition coefficient (Wildman–Crippen LogP) is 5.54. The number of amides is 2. The first-order chi connectivity index (χ1) is 18.9. The maximum atomic E-state index is 14.1. The number of aryl methyl sites for hydroxylation is 2. The van der Waals surface area contributed by atoms with Gasteiger partial charge in [0.2, 0.25) is 21.8 Å². The zero-order chi connectivity index (χ0) is 29.4. The van der Waals surface area contributed by atoms with Crippen molar-refractivity contribution in [2.75, 3.05) is 23.7 Å². The SMILES string of the molecule is CCCNC(=O)[C@@H](Cc1ccccc1)N(Cc1c(Cl)cccc1Cl)C(=O)CN(c1ccc(C)c(C)c1)S(C)(=O)=O. The van der Waals surface area contributed by atoms with Gasteiger partial charge >= 0.3 is 0 Å². The fourth-order valence-electron chi connectivity index (χ4n) is 4.27. The standard InChI is InChI=1S/C30H35Cl2N3O4S/c1-5-16-33-30(37)28(18-23-10-7-6-8-11-23)34(19-25-26(31)12-9-13-27(25)32)29(36)20-35(40(4,38)39)24-15-14-21(2)22(3)17-24/h6-15,17,28H,5,16,18-20H2,1-4H3,(H,33,37)/t28-/m1/s1. The van der Waals surface area contributed by atoms with Crippen molar-refractivity contribution in [3.05, 3.63) is 99.0 Å². The van der Waals surface area contributed by atoms with Crippen LogP contribution in [0.2, 0.25) is 10.0 Å². The average Bonchev–Trinajstić information content (AvgIpc) is 2.90. The van der Waals surface area contributed by atoms with Crippen molar-refractivity contribution in [2.24, 2.45) is 0 Å². The molecule has 0 fully saturated rings. The lowest BCUT2D eigenvalue weighted by molar-refractivity contribution is -0.140. The van der Waals surface area contributed by atoms with Crippen LogP contribution < -0.4 is 9.62 Å². The van der Waals surface area contributed by atoms with Gasteiger partial charge in [-0.15, -0.1) is 0 Å². The number of anilines is 1. The smallest absolute Gasteiger partial charge is 0.244 e. The molecule has 2 amide bonds. The van der Waals surface area contributed by atoms with E-state index in [1.165, 1.54) is 4.90 Å². The van der Waals surface area contributed by atoms with E-state index in [4.69, 9.17) is 23.2 Å². The average molecular weight is 605 g/mol. The Hall–Kier alpha value is -3.07. The molecule has 0 spiro atoms. The van der Waals surface area contributed by atoms with Crippen molar-refractivity contribution in [1.82, 2.24) is 10.2 Å². The zero-order valence-corrected chi connectivity index (χ0v) is 25.5. The Bertz CT molecular complexity index is 1430. The molecule has 0 aliphatic heterocycles. The van der Waals surface area contributed by atoms with E-state index in [9.17, 15) is 18.0 Å². The Labute approximate surface area is 247 Å². The minimum Gasteiger partial charge on any atom is -0.354 e. The molecule has 1 N–H and O–H groups in total. The summed E-state index contributed by atoms with van der Waals surface area (Å²) in [6.07, 6.45) is 1.98. The Morgan fingerprint density at radius 2 is 1.57 bits per heavy atom. The van der Waals surface area contributed by atoms with Gasteiger partial charge < -0.3 is 10.2 Å². The number of nitrogens with one attached hydrogen (secondary N) is 1. The van der Waals surface area contributed by atoms with Gasteiger partial charge in [0, 0.05) is 35.1 Å². The number of carbonyl (C=O) groups excluding carboxylic acids is 2. The summed E-state index contributed by atoms with van der Waals surface area (Å²) in [7, 11) is -3.85. The van der Waals surface area contributed by atoms with Gasteiger partial charge in [-0.1, -0.05) is 72.6 Å². The van der Waals surface area contributed by atoms with Crippen molar-refractivity contribution < 1.29 is 18.0 Å². The molecule has 0 heterocycles. The third-order valence-corrected chi connectivity index (χ3v) is 8.52. The highest BCUT2D eigenvalue weighted by Gasteiger charge is 2.33. The number of benzene rings is 3. The molecule has 0 aliphatic carbocycles. The molecule has 214 valence electrons. The van der Waals surface area contributed by atoms with Gasteiger partial charge in [0.25, 0.3) is 0 Å². The van der Waals surface area contributed by atoms with Gasteiger partial charge in [-0.05, 0) is 61.2 Å². The van der Waals surface area contributed by atoms with Crippen LogP contribution >= 0.6 is 23.2 Å². The van der Waals surface area contributed by atoms with E-state index in [1.54, 1.807) is 30.3 Å². The van der Waals surface area contributed by atoms with Crippen LogP contribution in [0.1, 0.15) is 35.6 Å². The summed E-state index contributed by atoms with van der Waals surface area (Å²) in [5.74, 6) is -0.911. The summed E-state index contributed by atoms with van der Waals surface area (Å²) < 4.78 is 26.9. The van der Waals surface area contributed by atoms with Crippen LogP contribution in [0.5, 0.6) is 0 Å². The number of carbonyl (C=O) groups is 2. The number of nitrogens with zero attached hydrogens (tertiary/aromatic N) is 2. The monoisotopic (exact) mass is 603 g/mol. The molecule has 0 saturated heterocycles. The van der Waals surface area contributed by atoms with Crippen LogP contribution in [-0.4, -0.2) is 50.5 Å². The molecule has 0 saturated carbocycles. The van der Waals surface area contributed by atoms with E-state index in [2.05, 4.69) is 5.32 Å². The summed E-state index contributed by atoms with van der Waals surface area (Å²) in [5.41, 5.74) is 3.56. The minimum atomic E-state index is -3.85. The molecule has 3 rings (SSSR count). The predicted molar refractivity (Wildman–Crippen MR) is 162 cm³/mol. The van der Waals surface area contributed by atoms with Crippen LogP contribution in [0, 0.1) is 13.8 Å². The maximum absolute atomic E-state index is 14.1. The largest absolute Gasteiger partial charge is 0.354 e. The van der Waals surface area contributed by atoms with Crippen LogP contribution in [-0.2, 0) is 32.6 Å². The highest BCUT2D eigenvalue weighted by atomic mass is 35.5. The lowest BCUT2D eigenvalue weighted by atomic mass is 10.0. The summed E-state index contributed by atoms with van der Waals surface area (Å²) in [4.78, 5) is 29.0. The van der Waals surface area contributed by atoms with Gasteiger partial charge in [0.1, 0.15) is 12.6 Å². The minimum absolute atomic E-state index is 0.0844.